The maximum absolute atomic E-state index is 11.4. The highest BCUT2D eigenvalue weighted by Crippen LogP contribution is 2.37. The van der Waals surface area contributed by atoms with E-state index in [1.165, 1.54) is 12.3 Å². The number of halogens is 1. The second kappa shape index (κ2) is 5.18. The lowest BCUT2D eigenvalue weighted by atomic mass is 10.2. The molecule has 94 valence electrons. The Balaban J connectivity index is 2.51. The van der Waals surface area contributed by atoms with Crippen LogP contribution >= 0.6 is 11.6 Å². The summed E-state index contributed by atoms with van der Waals surface area (Å²) in [5.41, 5.74) is 0.383. The molecule has 1 aromatic heterocycles. The molecule has 2 rings (SSSR count). The summed E-state index contributed by atoms with van der Waals surface area (Å²) in [5, 5.41) is -0.421. The van der Waals surface area contributed by atoms with Gasteiger partial charge in [-0.1, -0.05) is 6.92 Å². The molecule has 2 heterocycles. The standard InChI is InChI=1S/C12H10ClNO4/c1-2-7(13)11-12-8(5-6-14-11)17-9(15)3-4-10(16)18-12/h3-7H,2H2,1H3/b4-3-. The van der Waals surface area contributed by atoms with E-state index in [9.17, 15) is 9.59 Å². The van der Waals surface area contributed by atoms with Crippen molar-refractivity contribution in [2.45, 2.75) is 18.7 Å². The molecule has 18 heavy (non-hydrogen) atoms. The highest BCUT2D eigenvalue weighted by Gasteiger charge is 2.23. The van der Waals surface area contributed by atoms with Gasteiger partial charge in [-0.15, -0.1) is 11.6 Å². The molecule has 0 amide bonds. The van der Waals surface area contributed by atoms with Gasteiger partial charge in [-0.25, -0.2) is 9.59 Å². The van der Waals surface area contributed by atoms with E-state index in [1.54, 1.807) is 0 Å². The minimum absolute atomic E-state index is 0.0991. The molecule has 0 spiro atoms. The van der Waals surface area contributed by atoms with Crippen LogP contribution in [0.25, 0.3) is 0 Å². The van der Waals surface area contributed by atoms with Crippen LogP contribution in [0.15, 0.2) is 24.4 Å². The van der Waals surface area contributed by atoms with Gasteiger partial charge in [0.15, 0.2) is 11.5 Å². The predicted octanol–water partition coefficient (Wildman–Crippen LogP) is 2.15. The molecule has 1 aliphatic rings. The number of aromatic nitrogens is 1. The summed E-state index contributed by atoms with van der Waals surface area (Å²) in [7, 11) is 0. The summed E-state index contributed by atoms with van der Waals surface area (Å²) in [4.78, 5) is 26.8. The fraction of sp³-hybridized carbons (Fsp3) is 0.250. The predicted molar refractivity (Wildman–Crippen MR) is 63.5 cm³/mol. The first-order valence-electron chi connectivity index (χ1n) is 5.36. The van der Waals surface area contributed by atoms with Crippen molar-refractivity contribution in [2.24, 2.45) is 0 Å². The van der Waals surface area contributed by atoms with Crippen LogP contribution in [0.2, 0.25) is 0 Å². The fourth-order valence-corrected chi connectivity index (χ4v) is 1.61. The van der Waals surface area contributed by atoms with Gasteiger partial charge < -0.3 is 9.47 Å². The molecule has 1 unspecified atom stereocenters. The SMILES string of the molecule is CCC(Cl)c1nccc2c1OC(=O)/C=C\C(=O)O2. The number of esters is 2. The Morgan fingerprint density at radius 1 is 1.28 bits per heavy atom. The lowest BCUT2D eigenvalue weighted by molar-refractivity contribution is -0.133. The van der Waals surface area contributed by atoms with E-state index in [2.05, 4.69) is 4.98 Å². The quantitative estimate of drug-likeness (QED) is 0.607. The number of nitrogens with zero attached hydrogens (tertiary/aromatic N) is 1. The van der Waals surface area contributed by atoms with Gasteiger partial charge in [0.05, 0.1) is 5.38 Å². The second-order valence-electron chi connectivity index (χ2n) is 3.57. The fourth-order valence-electron chi connectivity index (χ4n) is 1.46. The highest BCUT2D eigenvalue weighted by atomic mass is 35.5. The minimum Gasteiger partial charge on any atom is -0.419 e. The van der Waals surface area contributed by atoms with Crippen LogP contribution in [0.1, 0.15) is 24.4 Å². The number of rotatable bonds is 2. The number of ether oxygens (including phenoxy) is 2. The molecular weight excluding hydrogens is 258 g/mol. The first-order valence-corrected chi connectivity index (χ1v) is 5.80. The van der Waals surface area contributed by atoms with Crippen molar-refractivity contribution in [2.75, 3.05) is 0 Å². The van der Waals surface area contributed by atoms with Gasteiger partial charge in [0.2, 0.25) is 0 Å². The normalized spacial score (nSPS) is 17.9. The van der Waals surface area contributed by atoms with Gasteiger partial charge in [0.1, 0.15) is 5.69 Å². The lowest BCUT2D eigenvalue weighted by Crippen LogP contribution is -2.15. The summed E-state index contributed by atoms with van der Waals surface area (Å²) < 4.78 is 10.1. The Morgan fingerprint density at radius 2 is 1.94 bits per heavy atom. The molecule has 1 aliphatic heterocycles. The van der Waals surface area contributed by atoms with Crippen molar-refractivity contribution in [3.63, 3.8) is 0 Å². The zero-order valence-corrected chi connectivity index (χ0v) is 10.3. The van der Waals surface area contributed by atoms with E-state index in [0.717, 1.165) is 12.2 Å². The second-order valence-corrected chi connectivity index (χ2v) is 4.10. The maximum Gasteiger partial charge on any atom is 0.336 e. The summed E-state index contributed by atoms with van der Waals surface area (Å²) in [5.74, 6) is -1.07. The van der Waals surface area contributed by atoms with Crippen LogP contribution in [-0.4, -0.2) is 16.9 Å². The first-order chi connectivity index (χ1) is 8.61. The third-order valence-corrected chi connectivity index (χ3v) is 2.84. The third kappa shape index (κ3) is 2.51. The van der Waals surface area contributed by atoms with E-state index in [4.69, 9.17) is 21.1 Å². The molecule has 0 saturated carbocycles. The molecule has 0 aliphatic carbocycles. The Labute approximate surface area is 108 Å². The Morgan fingerprint density at radius 3 is 2.61 bits per heavy atom. The van der Waals surface area contributed by atoms with Gasteiger partial charge in [0.25, 0.3) is 0 Å². The van der Waals surface area contributed by atoms with Crippen LogP contribution in [0.3, 0.4) is 0 Å². The number of carbonyl (C=O) groups excluding carboxylic acids is 2. The average Bonchev–Trinajstić information content (AvgIpc) is 2.35. The summed E-state index contributed by atoms with van der Waals surface area (Å²) >= 11 is 6.09. The van der Waals surface area contributed by atoms with E-state index in [0.29, 0.717) is 12.1 Å². The molecule has 0 radical (unpaired) electrons. The van der Waals surface area contributed by atoms with Crippen molar-refractivity contribution in [1.29, 1.82) is 0 Å². The average molecular weight is 268 g/mol. The summed E-state index contributed by atoms with van der Waals surface area (Å²) in [6.45, 7) is 1.87. The molecule has 0 fully saturated rings. The van der Waals surface area contributed by atoms with Crippen molar-refractivity contribution < 1.29 is 19.1 Å². The van der Waals surface area contributed by atoms with Crippen molar-refractivity contribution in [1.82, 2.24) is 4.98 Å². The summed E-state index contributed by atoms with van der Waals surface area (Å²) in [6.07, 6.45) is 4.05. The molecule has 0 saturated heterocycles. The first kappa shape index (κ1) is 12.6. The van der Waals surface area contributed by atoms with Crippen molar-refractivity contribution >= 4 is 23.5 Å². The van der Waals surface area contributed by atoms with Crippen LogP contribution in [0.4, 0.5) is 0 Å². The van der Waals surface area contributed by atoms with Crippen molar-refractivity contribution in [3.8, 4) is 11.5 Å². The lowest BCUT2D eigenvalue weighted by Gasteiger charge is -2.15. The molecule has 0 aromatic carbocycles. The number of alkyl halides is 1. The van der Waals surface area contributed by atoms with E-state index >= 15 is 0 Å². The van der Waals surface area contributed by atoms with Crippen LogP contribution in [-0.2, 0) is 9.59 Å². The third-order valence-electron chi connectivity index (χ3n) is 2.32. The number of pyridine rings is 1. The number of hydrogen-bond acceptors (Lipinski definition) is 5. The Bertz CT molecular complexity index is 527. The van der Waals surface area contributed by atoms with Crippen LogP contribution in [0.5, 0.6) is 11.5 Å². The number of hydrogen-bond donors (Lipinski definition) is 0. The van der Waals surface area contributed by atoms with Crippen LogP contribution < -0.4 is 9.47 Å². The molecular formula is C12H10ClNO4. The zero-order chi connectivity index (χ0) is 13.1. The van der Waals surface area contributed by atoms with Gasteiger partial charge in [-0.05, 0) is 6.42 Å². The van der Waals surface area contributed by atoms with Crippen molar-refractivity contribution in [3.05, 3.63) is 30.1 Å². The summed E-state index contributed by atoms with van der Waals surface area (Å²) in [6, 6.07) is 1.45. The maximum atomic E-state index is 11.4. The molecule has 1 aromatic rings. The van der Waals surface area contributed by atoms with Gasteiger partial charge >= 0.3 is 11.9 Å². The molecule has 1 atom stereocenters. The smallest absolute Gasteiger partial charge is 0.336 e. The van der Waals surface area contributed by atoms with E-state index < -0.39 is 17.3 Å². The van der Waals surface area contributed by atoms with Gasteiger partial charge in [-0.3, -0.25) is 4.98 Å². The Kier molecular flexibility index (Phi) is 3.62. The molecule has 0 N–H and O–H groups in total. The van der Waals surface area contributed by atoms with E-state index in [-0.39, 0.29) is 11.5 Å². The van der Waals surface area contributed by atoms with Gasteiger partial charge in [-0.2, -0.15) is 0 Å². The van der Waals surface area contributed by atoms with Crippen LogP contribution in [0, 0.1) is 0 Å². The highest BCUT2D eigenvalue weighted by molar-refractivity contribution is 6.20. The molecule has 5 nitrogen and oxygen atoms in total. The molecule has 6 heteroatoms. The monoisotopic (exact) mass is 267 g/mol. The zero-order valence-electron chi connectivity index (χ0n) is 9.55. The van der Waals surface area contributed by atoms with Gasteiger partial charge in [0, 0.05) is 24.4 Å². The number of fused-ring (bicyclic) bond motifs is 1. The topological polar surface area (TPSA) is 65.5 Å². The Hall–Kier alpha value is -1.88. The molecule has 0 bridgehead atoms. The largest absolute Gasteiger partial charge is 0.419 e. The number of carbonyl (C=O) groups is 2. The van der Waals surface area contributed by atoms with E-state index in [1.807, 2.05) is 6.92 Å². The minimum atomic E-state index is -0.665.